The van der Waals surface area contributed by atoms with Crippen LogP contribution in [0.2, 0.25) is 0 Å². The van der Waals surface area contributed by atoms with Crippen molar-refractivity contribution in [3.8, 4) is 0 Å². The van der Waals surface area contributed by atoms with Gasteiger partial charge in [-0.05, 0) is 23.8 Å². The molecule has 1 amide bonds. The Morgan fingerprint density at radius 2 is 1.83 bits per heavy atom. The highest BCUT2D eigenvalue weighted by atomic mass is 16.2. The first-order valence-corrected chi connectivity index (χ1v) is 7.16. The lowest BCUT2D eigenvalue weighted by Crippen LogP contribution is -2.33. The Labute approximate surface area is 109 Å². The van der Waals surface area contributed by atoms with Crippen LogP contribution in [0.4, 0.5) is 0 Å². The van der Waals surface area contributed by atoms with Gasteiger partial charge < -0.3 is 5.32 Å². The monoisotopic (exact) mass is 243 g/mol. The minimum Gasteiger partial charge on any atom is -0.353 e. The maximum atomic E-state index is 11.7. The standard InChI is InChI=1S/C16H21NO/c18-16-11-14(13-8-4-5-9-13)15(17-16)10-12-6-2-1-3-7-12/h1-3,6-7,13-15H,4-5,8-11H2,(H,17,18). The third-order valence-electron chi connectivity index (χ3n) is 4.59. The normalized spacial score (nSPS) is 28.6. The number of hydrogen-bond acceptors (Lipinski definition) is 1. The Morgan fingerprint density at radius 1 is 1.11 bits per heavy atom. The van der Waals surface area contributed by atoms with Crippen LogP contribution in [0.25, 0.3) is 0 Å². The number of nitrogens with one attached hydrogen (secondary N) is 1. The van der Waals surface area contributed by atoms with Crippen molar-refractivity contribution in [2.75, 3.05) is 0 Å². The zero-order chi connectivity index (χ0) is 12.4. The van der Waals surface area contributed by atoms with Crippen molar-refractivity contribution in [2.45, 2.75) is 44.6 Å². The van der Waals surface area contributed by atoms with E-state index in [2.05, 4.69) is 29.6 Å². The van der Waals surface area contributed by atoms with E-state index in [1.54, 1.807) is 0 Å². The fourth-order valence-corrected chi connectivity index (χ4v) is 3.68. The van der Waals surface area contributed by atoms with Crippen LogP contribution in [0, 0.1) is 11.8 Å². The highest BCUT2D eigenvalue weighted by molar-refractivity contribution is 5.79. The average molecular weight is 243 g/mol. The van der Waals surface area contributed by atoms with E-state index >= 15 is 0 Å². The van der Waals surface area contributed by atoms with Gasteiger partial charge in [0.1, 0.15) is 0 Å². The molecule has 2 atom stereocenters. The highest BCUT2D eigenvalue weighted by Gasteiger charge is 2.38. The SMILES string of the molecule is O=C1CC(C2CCCC2)C(Cc2ccccc2)N1. The molecule has 3 rings (SSSR count). The molecule has 1 heterocycles. The lowest BCUT2D eigenvalue weighted by atomic mass is 9.83. The summed E-state index contributed by atoms with van der Waals surface area (Å²) in [5, 5.41) is 3.19. The molecule has 1 aliphatic heterocycles. The molecule has 0 bridgehead atoms. The van der Waals surface area contributed by atoms with Crippen molar-refractivity contribution in [1.82, 2.24) is 5.32 Å². The number of carbonyl (C=O) groups excluding carboxylic acids is 1. The predicted molar refractivity (Wildman–Crippen MR) is 72.1 cm³/mol. The van der Waals surface area contributed by atoms with Gasteiger partial charge in [-0.1, -0.05) is 56.0 Å². The molecule has 2 aliphatic rings. The predicted octanol–water partition coefficient (Wildman–Crippen LogP) is 2.92. The van der Waals surface area contributed by atoms with Gasteiger partial charge in [0.15, 0.2) is 0 Å². The molecule has 1 aromatic rings. The number of benzene rings is 1. The van der Waals surface area contributed by atoms with Crippen molar-refractivity contribution in [2.24, 2.45) is 11.8 Å². The van der Waals surface area contributed by atoms with Crippen LogP contribution in [-0.2, 0) is 11.2 Å². The van der Waals surface area contributed by atoms with Crippen LogP contribution in [0.15, 0.2) is 30.3 Å². The first-order valence-electron chi connectivity index (χ1n) is 7.16. The van der Waals surface area contributed by atoms with Crippen LogP contribution < -0.4 is 5.32 Å². The molecule has 2 heteroatoms. The average Bonchev–Trinajstić information content (AvgIpc) is 3.00. The number of amides is 1. The van der Waals surface area contributed by atoms with Gasteiger partial charge in [-0.15, -0.1) is 0 Å². The molecule has 2 fully saturated rings. The van der Waals surface area contributed by atoms with Crippen molar-refractivity contribution >= 4 is 5.91 Å². The Bertz CT molecular complexity index is 408. The van der Waals surface area contributed by atoms with E-state index in [1.807, 2.05) is 6.07 Å². The van der Waals surface area contributed by atoms with Crippen LogP contribution in [0.1, 0.15) is 37.7 Å². The zero-order valence-electron chi connectivity index (χ0n) is 10.8. The van der Waals surface area contributed by atoms with Gasteiger partial charge in [-0.2, -0.15) is 0 Å². The second-order valence-electron chi connectivity index (χ2n) is 5.78. The zero-order valence-corrected chi connectivity index (χ0v) is 10.8. The first kappa shape index (κ1) is 11.8. The van der Waals surface area contributed by atoms with Crippen LogP contribution >= 0.6 is 0 Å². The lowest BCUT2D eigenvalue weighted by Gasteiger charge is -2.24. The van der Waals surface area contributed by atoms with Gasteiger partial charge in [0.05, 0.1) is 0 Å². The summed E-state index contributed by atoms with van der Waals surface area (Å²) in [6.07, 6.45) is 7.10. The molecule has 1 aliphatic carbocycles. The lowest BCUT2D eigenvalue weighted by molar-refractivity contribution is -0.119. The van der Waals surface area contributed by atoms with Gasteiger partial charge in [-0.3, -0.25) is 4.79 Å². The van der Waals surface area contributed by atoms with E-state index in [4.69, 9.17) is 0 Å². The molecule has 1 saturated carbocycles. The number of rotatable bonds is 3. The molecular formula is C16H21NO. The molecule has 0 radical (unpaired) electrons. The summed E-state index contributed by atoms with van der Waals surface area (Å²) in [6.45, 7) is 0. The maximum Gasteiger partial charge on any atom is 0.220 e. The Balaban J connectivity index is 1.71. The van der Waals surface area contributed by atoms with Gasteiger partial charge in [0, 0.05) is 12.5 Å². The number of hydrogen-bond donors (Lipinski definition) is 1. The third-order valence-corrected chi connectivity index (χ3v) is 4.59. The fourth-order valence-electron chi connectivity index (χ4n) is 3.68. The minimum atomic E-state index is 0.257. The van der Waals surface area contributed by atoms with E-state index in [0.29, 0.717) is 12.0 Å². The first-order chi connectivity index (χ1) is 8.83. The summed E-state index contributed by atoms with van der Waals surface area (Å²) in [4.78, 5) is 11.7. The Morgan fingerprint density at radius 3 is 2.56 bits per heavy atom. The van der Waals surface area contributed by atoms with E-state index in [9.17, 15) is 4.79 Å². The van der Waals surface area contributed by atoms with Crippen molar-refractivity contribution in [1.29, 1.82) is 0 Å². The molecule has 18 heavy (non-hydrogen) atoms. The number of carbonyl (C=O) groups is 1. The molecule has 96 valence electrons. The molecule has 2 unspecified atom stereocenters. The van der Waals surface area contributed by atoms with E-state index in [-0.39, 0.29) is 5.91 Å². The molecule has 2 nitrogen and oxygen atoms in total. The van der Waals surface area contributed by atoms with E-state index in [1.165, 1.54) is 31.2 Å². The molecule has 1 aromatic carbocycles. The summed E-state index contributed by atoms with van der Waals surface area (Å²) in [6, 6.07) is 10.9. The summed E-state index contributed by atoms with van der Waals surface area (Å²) >= 11 is 0. The largest absolute Gasteiger partial charge is 0.353 e. The molecule has 0 aromatic heterocycles. The van der Waals surface area contributed by atoms with Gasteiger partial charge >= 0.3 is 0 Å². The molecule has 0 spiro atoms. The second-order valence-corrected chi connectivity index (χ2v) is 5.78. The van der Waals surface area contributed by atoms with Crippen molar-refractivity contribution in [3.63, 3.8) is 0 Å². The molecular weight excluding hydrogens is 222 g/mol. The fraction of sp³-hybridized carbons (Fsp3) is 0.562. The topological polar surface area (TPSA) is 29.1 Å². The van der Waals surface area contributed by atoms with Gasteiger partial charge in [-0.25, -0.2) is 0 Å². The van der Waals surface area contributed by atoms with Crippen LogP contribution in [0.3, 0.4) is 0 Å². The van der Waals surface area contributed by atoms with Crippen molar-refractivity contribution in [3.05, 3.63) is 35.9 Å². The summed E-state index contributed by atoms with van der Waals surface area (Å²) in [7, 11) is 0. The summed E-state index contributed by atoms with van der Waals surface area (Å²) in [5.74, 6) is 1.60. The van der Waals surface area contributed by atoms with Gasteiger partial charge in [0.25, 0.3) is 0 Å². The second kappa shape index (κ2) is 5.13. The molecule has 1 saturated heterocycles. The maximum absolute atomic E-state index is 11.7. The highest BCUT2D eigenvalue weighted by Crippen LogP contribution is 2.38. The minimum absolute atomic E-state index is 0.257. The van der Waals surface area contributed by atoms with Crippen LogP contribution in [-0.4, -0.2) is 11.9 Å². The Kier molecular flexibility index (Phi) is 3.35. The van der Waals surface area contributed by atoms with E-state index in [0.717, 1.165) is 18.8 Å². The summed E-state index contributed by atoms with van der Waals surface area (Å²) in [5.41, 5.74) is 1.34. The summed E-state index contributed by atoms with van der Waals surface area (Å²) < 4.78 is 0. The van der Waals surface area contributed by atoms with Crippen LogP contribution in [0.5, 0.6) is 0 Å². The van der Waals surface area contributed by atoms with E-state index < -0.39 is 0 Å². The Hall–Kier alpha value is -1.31. The van der Waals surface area contributed by atoms with Crippen molar-refractivity contribution < 1.29 is 4.79 Å². The smallest absolute Gasteiger partial charge is 0.220 e. The third kappa shape index (κ3) is 2.43. The van der Waals surface area contributed by atoms with Gasteiger partial charge in [0.2, 0.25) is 5.91 Å². The molecule has 1 N–H and O–H groups in total. The quantitative estimate of drug-likeness (QED) is 0.869.